The molecule has 2 heterocycles. The fourth-order valence-corrected chi connectivity index (χ4v) is 8.42. The third-order valence-electron chi connectivity index (χ3n) is 11.4. The zero-order valence-corrected chi connectivity index (χ0v) is 35.6. The Labute approximate surface area is 363 Å². The molecular weight excluding hydrogens is 753 g/mol. The fourth-order valence-electron chi connectivity index (χ4n) is 8.42. The summed E-state index contributed by atoms with van der Waals surface area (Å²) in [5.41, 5.74) is 15.5. The topological polar surface area (TPSA) is 31.0 Å². The number of fused-ring (bicyclic) bond motifs is 5. The number of rotatable bonds is 6. The van der Waals surface area contributed by atoms with Gasteiger partial charge in [0, 0.05) is 22.0 Å². The van der Waals surface area contributed by atoms with E-state index >= 15 is 0 Å². The van der Waals surface area contributed by atoms with Crippen LogP contribution >= 0.6 is 0 Å². The third kappa shape index (κ3) is 7.50. The van der Waals surface area contributed by atoms with Gasteiger partial charge in [-0.3, -0.25) is 0 Å². The molecule has 3 nitrogen and oxygen atoms in total. The summed E-state index contributed by atoms with van der Waals surface area (Å²) in [5, 5.41) is 4.93. The molecule has 0 bridgehead atoms. The molecule has 2 aromatic heterocycles. The van der Waals surface area contributed by atoms with Gasteiger partial charge in [-0.25, -0.2) is 4.98 Å². The van der Waals surface area contributed by atoms with Gasteiger partial charge < -0.3 is 8.98 Å². The van der Waals surface area contributed by atoms with E-state index < -0.39 is 0 Å². The largest absolute Gasteiger partial charge is 0.436 e. The Morgan fingerprint density at radius 3 is 1.65 bits per heavy atom. The van der Waals surface area contributed by atoms with E-state index in [-0.39, 0.29) is 0 Å². The van der Waals surface area contributed by atoms with E-state index in [0.717, 1.165) is 33.5 Å². The number of nitrogens with zero attached hydrogens (tertiary/aromatic N) is 2. The Bertz CT molecular complexity index is 3320. The minimum absolute atomic E-state index is 0.615. The van der Waals surface area contributed by atoms with Crippen molar-refractivity contribution >= 4 is 43.7 Å². The Kier molecular flexibility index (Phi) is 11.4. The highest BCUT2D eigenvalue weighted by molar-refractivity contribution is 6.11. The second kappa shape index (κ2) is 17.8. The first-order valence-corrected chi connectivity index (χ1v) is 21.5. The van der Waals surface area contributed by atoms with Gasteiger partial charge in [-0.05, 0) is 124 Å². The molecular formula is C59H48N2O. The maximum absolute atomic E-state index is 6.40. The van der Waals surface area contributed by atoms with Gasteiger partial charge in [0.1, 0.15) is 5.52 Å². The number of allylic oxidation sites excluding steroid dienone is 2. The number of oxazole rings is 1. The Morgan fingerprint density at radius 1 is 0.403 bits per heavy atom. The normalized spacial score (nSPS) is 11.2. The summed E-state index contributed by atoms with van der Waals surface area (Å²) in [5.74, 6) is 0.615. The van der Waals surface area contributed by atoms with Gasteiger partial charge >= 0.3 is 0 Å². The first-order chi connectivity index (χ1) is 30.7. The summed E-state index contributed by atoms with van der Waals surface area (Å²) in [6.45, 7) is 8.00. The molecule has 0 aliphatic heterocycles. The zero-order chi connectivity index (χ0) is 42.4. The van der Waals surface area contributed by atoms with Gasteiger partial charge in [0.25, 0.3) is 0 Å². The van der Waals surface area contributed by atoms with Crippen LogP contribution in [0.2, 0.25) is 0 Å². The van der Waals surface area contributed by atoms with Crippen LogP contribution in [-0.2, 0) is 0 Å². The quantitative estimate of drug-likeness (QED) is 0.157. The summed E-state index contributed by atoms with van der Waals surface area (Å²) in [4.78, 5) is 4.88. The highest BCUT2D eigenvalue weighted by Gasteiger charge is 2.17. The average molecular weight is 801 g/mol. The van der Waals surface area contributed by atoms with Crippen molar-refractivity contribution in [3.05, 3.63) is 218 Å². The number of hydrogen-bond donors (Lipinski definition) is 0. The molecule has 0 amide bonds. The number of para-hydroxylation sites is 2. The van der Waals surface area contributed by atoms with Crippen molar-refractivity contribution in [3.63, 3.8) is 0 Å². The van der Waals surface area contributed by atoms with Crippen LogP contribution in [0, 0.1) is 0 Å². The van der Waals surface area contributed by atoms with Crippen LogP contribution in [0.5, 0.6) is 0 Å². The molecule has 300 valence electrons. The highest BCUT2D eigenvalue weighted by atomic mass is 16.3. The summed E-state index contributed by atoms with van der Waals surface area (Å²) in [6, 6.07) is 73.5. The maximum Gasteiger partial charge on any atom is 0.227 e. The lowest BCUT2D eigenvalue weighted by atomic mass is 9.89. The van der Waals surface area contributed by atoms with E-state index in [1.807, 2.05) is 39.8 Å². The minimum Gasteiger partial charge on any atom is -0.436 e. The second-order valence-electron chi connectivity index (χ2n) is 15.0. The molecule has 0 atom stereocenters. The lowest BCUT2D eigenvalue weighted by Crippen LogP contribution is -1.93. The zero-order valence-electron chi connectivity index (χ0n) is 35.6. The first kappa shape index (κ1) is 39.7. The van der Waals surface area contributed by atoms with E-state index in [0.29, 0.717) is 5.89 Å². The van der Waals surface area contributed by atoms with Crippen LogP contribution in [0.3, 0.4) is 0 Å². The van der Waals surface area contributed by atoms with Gasteiger partial charge in [-0.15, -0.1) is 0 Å². The molecule has 0 radical (unpaired) electrons. The summed E-state index contributed by atoms with van der Waals surface area (Å²) in [7, 11) is 0. The average Bonchev–Trinajstić information content (AvgIpc) is 3.94. The number of aromatic nitrogens is 2. The van der Waals surface area contributed by atoms with Crippen molar-refractivity contribution in [2.45, 2.75) is 27.7 Å². The van der Waals surface area contributed by atoms with E-state index in [1.54, 1.807) is 0 Å². The van der Waals surface area contributed by atoms with E-state index in [1.165, 1.54) is 66.0 Å². The molecule has 0 N–H and O–H groups in total. The summed E-state index contributed by atoms with van der Waals surface area (Å²) >= 11 is 0. The fraction of sp³-hybridized carbons (Fsp3) is 0.0678. The molecule has 0 saturated heterocycles. The van der Waals surface area contributed by atoms with Gasteiger partial charge in [0.2, 0.25) is 5.89 Å². The number of benzene rings is 9. The first-order valence-electron chi connectivity index (χ1n) is 21.5. The van der Waals surface area contributed by atoms with Gasteiger partial charge in [-0.1, -0.05) is 178 Å². The standard InChI is InChI=1S/C53H34N2O.C4H8.C2H6/c1-2-15-40(16-3-1)55-50-24-11-10-22-47(50)48-33-38(30-32-51(48)55)44-19-7-9-21-46(44)45-20-8-6-18-42(45)36-25-27-37(28-26-36)53-54-49-31-29-39(34-52(49)56-53)43-23-12-14-35-13-4-5-17-41(35)43;1-3-4-2;1-2/h1-34H;3-4H,1-2H3;1-2H3/b;4-3-;. The van der Waals surface area contributed by atoms with Crippen molar-refractivity contribution in [3.8, 4) is 61.6 Å². The van der Waals surface area contributed by atoms with Crippen molar-refractivity contribution in [1.82, 2.24) is 9.55 Å². The SMILES string of the molecule is C/C=C\C.CC.c1ccc(-n2c3ccccc3c3cc(-c4ccccc4-c4ccccc4-c4ccc(-c5nc6ccc(-c7cccc8ccccc78)cc6o5)cc4)ccc32)cc1. The molecule has 0 fully saturated rings. The molecule has 11 aromatic rings. The van der Waals surface area contributed by atoms with Crippen LogP contribution in [0.15, 0.2) is 223 Å². The smallest absolute Gasteiger partial charge is 0.227 e. The maximum atomic E-state index is 6.40. The molecule has 0 aliphatic carbocycles. The van der Waals surface area contributed by atoms with Crippen LogP contribution in [0.1, 0.15) is 27.7 Å². The molecule has 3 heteroatoms. The molecule has 62 heavy (non-hydrogen) atoms. The Morgan fingerprint density at radius 2 is 0.919 bits per heavy atom. The van der Waals surface area contributed by atoms with Crippen LogP contribution in [-0.4, -0.2) is 9.55 Å². The predicted octanol–water partition coefficient (Wildman–Crippen LogP) is 17.0. The lowest BCUT2D eigenvalue weighted by molar-refractivity contribution is 0.620. The Balaban J connectivity index is 0.000000775. The van der Waals surface area contributed by atoms with E-state index in [9.17, 15) is 0 Å². The molecule has 0 saturated carbocycles. The van der Waals surface area contributed by atoms with E-state index in [4.69, 9.17) is 9.40 Å². The summed E-state index contributed by atoms with van der Waals surface area (Å²) < 4.78 is 8.77. The van der Waals surface area contributed by atoms with Crippen LogP contribution in [0.25, 0.3) is 105 Å². The predicted molar refractivity (Wildman–Crippen MR) is 265 cm³/mol. The van der Waals surface area contributed by atoms with Crippen molar-refractivity contribution in [2.24, 2.45) is 0 Å². The third-order valence-corrected chi connectivity index (χ3v) is 11.4. The van der Waals surface area contributed by atoms with E-state index in [2.05, 4.69) is 211 Å². The highest BCUT2D eigenvalue weighted by Crippen LogP contribution is 2.41. The molecule has 9 aromatic carbocycles. The number of hydrogen-bond acceptors (Lipinski definition) is 2. The van der Waals surface area contributed by atoms with Crippen LogP contribution in [0.4, 0.5) is 0 Å². The second-order valence-corrected chi connectivity index (χ2v) is 15.0. The monoisotopic (exact) mass is 800 g/mol. The van der Waals surface area contributed by atoms with Crippen molar-refractivity contribution < 1.29 is 4.42 Å². The molecule has 0 aliphatic rings. The molecule has 0 spiro atoms. The van der Waals surface area contributed by atoms with Crippen molar-refractivity contribution in [2.75, 3.05) is 0 Å². The summed E-state index contributed by atoms with van der Waals surface area (Å²) in [6.07, 6.45) is 4.00. The minimum atomic E-state index is 0.615. The van der Waals surface area contributed by atoms with Crippen molar-refractivity contribution in [1.29, 1.82) is 0 Å². The van der Waals surface area contributed by atoms with Gasteiger partial charge in [0.15, 0.2) is 5.58 Å². The molecule has 0 unspecified atom stereocenters. The van der Waals surface area contributed by atoms with Gasteiger partial charge in [0.05, 0.1) is 11.0 Å². The molecule has 11 rings (SSSR count). The Hall–Kier alpha value is -7.75. The van der Waals surface area contributed by atoms with Crippen LogP contribution < -0.4 is 0 Å². The lowest BCUT2D eigenvalue weighted by Gasteiger charge is -2.15. The van der Waals surface area contributed by atoms with Gasteiger partial charge in [-0.2, -0.15) is 0 Å².